The van der Waals surface area contributed by atoms with E-state index in [0.717, 1.165) is 55.8 Å². The first-order valence-electron chi connectivity index (χ1n) is 21.1. The topological polar surface area (TPSA) is 21.3 Å². The molecule has 0 radical (unpaired) electrons. The summed E-state index contributed by atoms with van der Waals surface area (Å²) in [7, 11) is 0. The number of anilines is 3. The van der Waals surface area contributed by atoms with Crippen molar-refractivity contribution in [2.75, 3.05) is 4.90 Å². The van der Waals surface area contributed by atoms with Gasteiger partial charge in [-0.1, -0.05) is 133 Å². The molecule has 0 aliphatic heterocycles. The number of aromatic nitrogens is 1. The molecule has 0 atom stereocenters. The van der Waals surface area contributed by atoms with Crippen LogP contribution in [0.3, 0.4) is 0 Å². The molecule has 0 bridgehead atoms. The van der Waals surface area contributed by atoms with E-state index >= 15 is 0 Å². The molecule has 13 aromatic rings. The van der Waals surface area contributed by atoms with E-state index in [1.54, 1.807) is 0 Å². The molecular weight excluding hydrogens is 773 g/mol. The zero-order chi connectivity index (χ0) is 40.7. The Bertz CT molecular complexity index is 3860. The second kappa shape index (κ2) is 13.8. The fourth-order valence-electron chi connectivity index (χ4n) is 9.61. The number of para-hydroxylation sites is 2. The Morgan fingerprint density at radius 1 is 0.355 bits per heavy atom. The lowest BCUT2D eigenvalue weighted by Gasteiger charge is -2.26. The summed E-state index contributed by atoms with van der Waals surface area (Å²) < 4.78 is 11.2. The maximum Gasteiger partial charge on any atom is 0.135 e. The average Bonchev–Trinajstić information content (AvgIpc) is 4.01. The molecule has 3 heterocycles. The van der Waals surface area contributed by atoms with Gasteiger partial charge in [0.1, 0.15) is 11.2 Å². The van der Waals surface area contributed by atoms with Gasteiger partial charge in [0.15, 0.2) is 0 Å². The Hall–Kier alpha value is -7.92. The normalized spacial score (nSPS) is 11.9. The minimum atomic E-state index is 0.907. The van der Waals surface area contributed by atoms with Gasteiger partial charge in [-0.2, -0.15) is 0 Å². The number of furan rings is 1. The van der Waals surface area contributed by atoms with Crippen LogP contribution in [0.15, 0.2) is 223 Å². The van der Waals surface area contributed by atoms with Crippen molar-refractivity contribution in [3.05, 3.63) is 218 Å². The summed E-state index contributed by atoms with van der Waals surface area (Å²) in [6, 6.07) is 79.4. The number of benzene rings is 10. The number of hydrogen-bond acceptors (Lipinski definition) is 3. The molecule has 290 valence electrons. The van der Waals surface area contributed by atoms with Crippen LogP contribution in [0.2, 0.25) is 0 Å². The van der Waals surface area contributed by atoms with Crippen molar-refractivity contribution in [1.82, 2.24) is 4.57 Å². The highest BCUT2D eigenvalue weighted by atomic mass is 32.1. The molecule has 62 heavy (non-hydrogen) atoms. The third-order valence-corrected chi connectivity index (χ3v) is 13.7. The van der Waals surface area contributed by atoms with Gasteiger partial charge < -0.3 is 13.9 Å². The standard InChI is InChI=1S/C58H36N2OS/c1-2-11-42(12-3-1)60-53-35-41(23-30-47(53)50-31-22-39-10-4-5-13-46(39)58(50)60)38-20-27-44(28-21-38)59(45-29-33-57-52(36-45)49-15-7-9-17-56(49)62-57)43-25-18-37(19-26-43)40-24-32-55-51(34-40)48-14-6-8-16-54(48)61-55/h1-36H. The van der Waals surface area contributed by atoms with Crippen LogP contribution in [0.5, 0.6) is 0 Å². The Balaban J connectivity index is 0.927. The SMILES string of the molecule is c1ccc(-n2c3cc(-c4ccc(N(c5ccc(-c6ccc7oc8ccccc8c7c6)cc5)c5ccc6sc7ccccc7c6c5)cc4)ccc3c3ccc4ccccc4c32)cc1. The predicted molar refractivity (Wildman–Crippen MR) is 264 cm³/mol. The van der Waals surface area contributed by atoms with Crippen molar-refractivity contribution < 1.29 is 4.42 Å². The van der Waals surface area contributed by atoms with Crippen molar-refractivity contribution in [3.8, 4) is 27.9 Å². The van der Waals surface area contributed by atoms with Crippen LogP contribution in [0, 0.1) is 0 Å². The largest absolute Gasteiger partial charge is 0.456 e. The lowest BCUT2D eigenvalue weighted by molar-refractivity contribution is 0.669. The van der Waals surface area contributed by atoms with Crippen LogP contribution < -0.4 is 4.90 Å². The van der Waals surface area contributed by atoms with Crippen LogP contribution in [0.25, 0.3) is 103 Å². The number of nitrogens with zero attached hydrogens (tertiary/aromatic N) is 2. The summed E-state index contributed by atoms with van der Waals surface area (Å²) in [6.45, 7) is 0. The van der Waals surface area contributed by atoms with Gasteiger partial charge in [0, 0.05) is 69.9 Å². The Labute approximate surface area is 361 Å². The average molecular weight is 809 g/mol. The molecule has 0 saturated carbocycles. The molecular formula is C58H36N2OS. The van der Waals surface area contributed by atoms with Crippen molar-refractivity contribution in [3.63, 3.8) is 0 Å². The van der Waals surface area contributed by atoms with Gasteiger partial charge in [-0.25, -0.2) is 0 Å². The zero-order valence-corrected chi connectivity index (χ0v) is 34.3. The van der Waals surface area contributed by atoms with Gasteiger partial charge in [-0.05, 0) is 113 Å². The highest BCUT2D eigenvalue weighted by Gasteiger charge is 2.19. The van der Waals surface area contributed by atoms with Crippen molar-refractivity contribution in [1.29, 1.82) is 0 Å². The molecule has 0 unspecified atom stereocenters. The predicted octanol–water partition coefficient (Wildman–Crippen LogP) is 17.0. The van der Waals surface area contributed by atoms with Crippen molar-refractivity contribution in [2.45, 2.75) is 0 Å². The quantitative estimate of drug-likeness (QED) is 0.167. The Kier molecular flexibility index (Phi) is 7.78. The van der Waals surface area contributed by atoms with Gasteiger partial charge in [-0.15, -0.1) is 11.3 Å². The number of fused-ring (bicyclic) bond motifs is 11. The summed E-state index contributed by atoms with van der Waals surface area (Å²) in [5.74, 6) is 0. The molecule has 10 aromatic carbocycles. The Morgan fingerprint density at radius 2 is 0.952 bits per heavy atom. The maximum atomic E-state index is 6.14. The molecule has 0 fully saturated rings. The molecule has 4 heteroatoms. The van der Waals surface area contributed by atoms with E-state index in [0.29, 0.717) is 0 Å². The Morgan fingerprint density at radius 3 is 1.76 bits per heavy atom. The van der Waals surface area contributed by atoms with Gasteiger partial charge in [0.2, 0.25) is 0 Å². The molecule has 3 nitrogen and oxygen atoms in total. The summed E-state index contributed by atoms with van der Waals surface area (Å²) in [5, 5.41) is 9.84. The van der Waals surface area contributed by atoms with E-state index in [4.69, 9.17) is 4.42 Å². The summed E-state index contributed by atoms with van der Waals surface area (Å²) >= 11 is 1.85. The van der Waals surface area contributed by atoms with Crippen LogP contribution in [0.1, 0.15) is 0 Å². The van der Waals surface area contributed by atoms with Crippen molar-refractivity contribution in [2.24, 2.45) is 0 Å². The van der Waals surface area contributed by atoms with E-state index in [9.17, 15) is 0 Å². The van der Waals surface area contributed by atoms with Crippen LogP contribution in [0.4, 0.5) is 17.1 Å². The smallest absolute Gasteiger partial charge is 0.135 e. The maximum absolute atomic E-state index is 6.14. The van der Waals surface area contributed by atoms with Crippen LogP contribution in [-0.4, -0.2) is 4.57 Å². The zero-order valence-electron chi connectivity index (χ0n) is 33.5. The summed E-state index contributed by atoms with van der Waals surface area (Å²) in [5.41, 5.74) is 13.4. The molecule has 0 aliphatic rings. The van der Waals surface area contributed by atoms with Crippen LogP contribution >= 0.6 is 11.3 Å². The molecule has 0 amide bonds. The van der Waals surface area contributed by atoms with Gasteiger partial charge in [0.25, 0.3) is 0 Å². The summed E-state index contributed by atoms with van der Waals surface area (Å²) in [4.78, 5) is 2.38. The molecule has 0 N–H and O–H groups in total. The first-order chi connectivity index (χ1) is 30.7. The summed E-state index contributed by atoms with van der Waals surface area (Å²) in [6.07, 6.45) is 0. The van der Waals surface area contributed by atoms with Gasteiger partial charge >= 0.3 is 0 Å². The second-order valence-corrected chi connectivity index (χ2v) is 17.2. The monoisotopic (exact) mass is 808 g/mol. The molecule has 0 saturated heterocycles. The lowest BCUT2D eigenvalue weighted by Crippen LogP contribution is -2.09. The number of rotatable bonds is 6. The van der Waals surface area contributed by atoms with E-state index in [1.165, 1.54) is 63.9 Å². The highest BCUT2D eigenvalue weighted by molar-refractivity contribution is 7.25. The van der Waals surface area contributed by atoms with Gasteiger partial charge in [0.05, 0.1) is 11.0 Å². The van der Waals surface area contributed by atoms with E-state index in [1.807, 2.05) is 23.5 Å². The minimum absolute atomic E-state index is 0.907. The fourth-order valence-corrected chi connectivity index (χ4v) is 10.7. The highest BCUT2D eigenvalue weighted by Crippen LogP contribution is 2.43. The van der Waals surface area contributed by atoms with Crippen molar-refractivity contribution >= 4 is 103 Å². The fraction of sp³-hybridized carbons (Fsp3) is 0. The second-order valence-electron chi connectivity index (χ2n) is 16.1. The first-order valence-corrected chi connectivity index (χ1v) is 21.9. The third kappa shape index (κ3) is 5.51. The molecule has 0 aliphatic carbocycles. The van der Waals surface area contributed by atoms with Crippen LogP contribution in [-0.2, 0) is 0 Å². The molecule has 13 rings (SSSR count). The van der Waals surface area contributed by atoms with E-state index < -0.39 is 0 Å². The first kappa shape index (κ1) is 34.9. The molecule has 0 spiro atoms. The van der Waals surface area contributed by atoms with Gasteiger partial charge in [-0.3, -0.25) is 0 Å². The number of hydrogen-bond donors (Lipinski definition) is 0. The van der Waals surface area contributed by atoms with E-state index in [-0.39, 0.29) is 0 Å². The molecule has 3 aromatic heterocycles. The third-order valence-electron chi connectivity index (χ3n) is 12.6. The minimum Gasteiger partial charge on any atom is -0.456 e. The number of thiophene rings is 1. The lowest BCUT2D eigenvalue weighted by atomic mass is 10.0. The van der Waals surface area contributed by atoms with E-state index in [2.05, 4.69) is 216 Å².